The van der Waals surface area contributed by atoms with Crippen LogP contribution in [0.5, 0.6) is 5.75 Å². The molecule has 29 heavy (non-hydrogen) atoms. The van der Waals surface area contributed by atoms with Gasteiger partial charge in [0.25, 0.3) is 5.91 Å². The van der Waals surface area contributed by atoms with Crippen LogP contribution in [-0.2, 0) is 0 Å². The molecule has 0 aromatic heterocycles. The number of hydrogen-bond donors (Lipinski definition) is 1. The number of unbranched alkanes of at least 4 members (excludes halogenated alkanes) is 9. The van der Waals surface area contributed by atoms with Crippen LogP contribution in [0.3, 0.4) is 0 Å². The molecule has 0 spiro atoms. The first kappa shape index (κ1) is 23.0. The summed E-state index contributed by atoms with van der Waals surface area (Å²) >= 11 is 0. The number of nitrogens with one attached hydrogen (secondary N) is 1. The Balaban J connectivity index is 1.62. The molecule has 0 fully saturated rings. The summed E-state index contributed by atoms with van der Waals surface area (Å²) in [5.74, 6) is 0.721. The fourth-order valence-electron chi connectivity index (χ4n) is 3.47. The first-order chi connectivity index (χ1) is 14.2. The number of aryl methyl sites for hydroxylation is 1. The first-order valence-corrected chi connectivity index (χ1v) is 11.3. The molecular formula is C26H37NO2. The molecule has 0 unspecified atom stereocenters. The number of carbonyl (C=O) groups is 1. The van der Waals surface area contributed by atoms with Gasteiger partial charge in [0, 0.05) is 17.3 Å². The van der Waals surface area contributed by atoms with Gasteiger partial charge in [-0.1, -0.05) is 89.0 Å². The van der Waals surface area contributed by atoms with Crippen LogP contribution in [-0.4, -0.2) is 12.5 Å². The minimum absolute atomic E-state index is 0.0880. The molecule has 0 aliphatic rings. The standard InChI is InChI=1S/C26H37NO2/c1-3-4-5-6-7-8-9-10-11-14-20-29-24-18-15-17-23(21-24)27-26(28)25-19-13-12-16-22(25)2/h12-13,15-19,21H,3-11,14,20H2,1-2H3,(H,27,28). The SMILES string of the molecule is CCCCCCCCCCCCOc1cccc(NC(=O)c2ccccc2C)c1. The summed E-state index contributed by atoms with van der Waals surface area (Å²) in [6, 6.07) is 15.3. The van der Waals surface area contributed by atoms with Crippen molar-refractivity contribution in [1.29, 1.82) is 0 Å². The highest BCUT2D eigenvalue weighted by atomic mass is 16.5. The third-order valence-corrected chi connectivity index (χ3v) is 5.25. The van der Waals surface area contributed by atoms with Crippen molar-refractivity contribution in [2.24, 2.45) is 0 Å². The zero-order chi connectivity index (χ0) is 20.7. The Kier molecular flexibility index (Phi) is 11.0. The lowest BCUT2D eigenvalue weighted by Crippen LogP contribution is -2.13. The van der Waals surface area contributed by atoms with E-state index in [0.717, 1.165) is 30.0 Å². The van der Waals surface area contributed by atoms with Crippen molar-refractivity contribution < 1.29 is 9.53 Å². The molecule has 0 radical (unpaired) electrons. The summed E-state index contributed by atoms with van der Waals surface area (Å²) in [6.45, 7) is 4.94. The van der Waals surface area contributed by atoms with E-state index in [9.17, 15) is 4.79 Å². The van der Waals surface area contributed by atoms with Crippen molar-refractivity contribution >= 4 is 11.6 Å². The molecule has 0 saturated heterocycles. The molecule has 1 N–H and O–H groups in total. The van der Waals surface area contributed by atoms with E-state index < -0.39 is 0 Å². The molecule has 1 amide bonds. The predicted molar refractivity (Wildman–Crippen MR) is 123 cm³/mol. The van der Waals surface area contributed by atoms with Crippen LogP contribution in [0.15, 0.2) is 48.5 Å². The van der Waals surface area contributed by atoms with E-state index in [2.05, 4.69) is 12.2 Å². The Morgan fingerprint density at radius 3 is 2.17 bits per heavy atom. The Morgan fingerprint density at radius 2 is 1.48 bits per heavy atom. The molecule has 3 heteroatoms. The fourth-order valence-corrected chi connectivity index (χ4v) is 3.47. The van der Waals surface area contributed by atoms with Crippen LogP contribution in [0, 0.1) is 6.92 Å². The molecule has 0 saturated carbocycles. The molecule has 0 aliphatic heterocycles. The largest absolute Gasteiger partial charge is 0.494 e. The van der Waals surface area contributed by atoms with E-state index in [1.807, 2.05) is 55.5 Å². The van der Waals surface area contributed by atoms with Crippen molar-refractivity contribution in [3.63, 3.8) is 0 Å². The summed E-state index contributed by atoms with van der Waals surface area (Å²) in [6.07, 6.45) is 13.2. The van der Waals surface area contributed by atoms with E-state index in [4.69, 9.17) is 4.74 Å². The molecule has 0 atom stereocenters. The summed E-state index contributed by atoms with van der Waals surface area (Å²) in [7, 11) is 0. The minimum Gasteiger partial charge on any atom is -0.494 e. The molecule has 0 bridgehead atoms. The van der Waals surface area contributed by atoms with E-state index in [-0.39, 0.29) is 5.91 Å². The van der Waals surface area contributed by atoms with Gasteiger partial charge in [0.1, 0.15) is 5.75 Å². The van der Waals surface area contributed by atoms with Gasteiger partial charge in [-0.15, -0.1) is 0 Å². The van der Waals surface area contributed by atoms with Gasteiger partial charge >= 0.3 is 0 Å². The highest BCUT2D eigenvalue weighted by molar-refractivity contribution is 6.05. The smallest absolute Gasteiger partial charge is 0.255 e. The average Bonchev–Trinajstić information content (AvgIpc) is 2.72. The van der Waals surface area contributed by atoms with Gasteiger partial charge in [0.15, 0.2) is 0 Å². The van der Waals surface area contributed by atoms with Gasteiger partial charge in [-0.25, -0.2) is 0 Å². The number of anilines is 1. The molecule has 2 aromatic rings. The van der Waals surface area contributed by atoms with Crippen molar-refractivity contribution in [3.8, 4) is 5.75 Å². The van der Waals surface area contributed by atoms with Crippen LogP contribution in [0.2, 0.25) is 0 Å². The van der Waals surface area contributed by atoms with Crippen LogP contribution in [0.25, 0.3) is 0 Å². The maximum absolute atomic E-state index is 12.5. The summed E-state index contributed by atoms with van der Waals surface area (Å²) in [5.41, 5.74) is 2.43. The number of amides is 1. The van der Waals surface area contributed by atoms with Crippen LogP contribution >= 0.6 is 0 Å². The van der Waals surface area contributed by atoms with Crippen molar-refractivity contribution in [1.82, 2.24) is 0 Å². The highest BCUT2D eigenvalue weighted by Gasteiger charge is 2.08. The Morgan fingerprint density at radius 1 is 0.828 bits per heavy atom. The third kappa shape index (κ3) is 9.17. The minimum atomic E-state index is -0.0880. The average molecular weight is 396 g/mol. The second-order valence-corrected chi connectivity index (χ2v) is 7.83. The topological polar surface area (TPSA) is 38.3 Å². The Bertz CT molecular complexity index is 726. The highest BCUT2D eigenvalue weighted by Crippen LogP contribution is 2.19. The third-order valence-electron chi connectivity index (χ3n) is 5.25. The molecule has 158 valence electrons. The lowest BCUT2D eigenvalue weighted by Gasteiger charge is -2.10. The van der Waals surface area contributed by atoms with E-state index in [0.29, 0.717) is 5.56 Å². The molecule has 2 aromatic carbocycles. The number of hydrogen-bond acceptors (Lipinski definition) is 2. The monoisotopic (exact) mass is 395 g/mol. The molecule has 3 nitrogen and oxygen atoms in total. The predicted octanol–water partition coefficient (Wildman–Crippen LogP) is 7.55. The van der Waals surface area contributed by atoms with E-state index in [1.54, 1.807) is 0 Å². The van der Waals surface area contributed by atoms with Gasteiger partial charge in [-0.05, 0) is 37.1 Å². The van der Waals surface area contributed by atoms with Crippen LogP contribution < -0.4 is 10.1 Å². The van der Waals surface area contributed by atoms with Gasteiger partial charge in [-0.3, -0.25) is 4.79 Å². The van der Waals surface area contributed by atoms with Crippen molar-refractivity contribution in [2.45, 2.75) is 78.1 Å². The van der Waals surface area contributed by atoms with Gasteiger partial charge in [0.05, 0.1) is 6.61 Å². The second-order valence-electron chi connectivity index (χ2n) is 7.83. The fraction of sp³-hybridized carbons (Fsp3) is 0.500. The normalized spacial score (nSPS) is 10.7. The zero-order valence-electron chi connectivity index (χ0n) is 18.2. The lowest BCUT2D eigenvalue weighted by molar-refractivity contribution is 0.102. The number of rotatable bonds is 14. The first-order valence-electron chi connectivity index (χ1n) is 11.3. The Hall–Kier alpha value is -2.29. The summed E-state index contributed by atoms with van der Waals surface area (Å²) < 4.78 is 5.88. The Labute approximate surface area is 176 Å². The quantitative estimate of drug-likeness (QED) is 0.335. The van der Waals surface area contributed by atoms with Gasteiger partial charge in [0.2, 0.25) is 0 Å². The molecule has 2 rings (SSSR count). The van der Waals surface area contributed by atoms with E-state index >= 15 is 0 Å². The molecule has 0 aliphatic carbocycles. The van der Waals surface area contributed by atoms with E-state index in [1.165, 1.54) is 57.8 Å². The number of carbonyl (C=O) groups excluding carboxylic acids is 1. The summed E-state index contributed by atoms with van der Waals surface area (Å²) in [4.78, 5) is 12.5. The summed E-state index contributed by atoms with van der Waals surface area (Å²) in [5, 5.41) is 2.96. The van der Waals surface area contributed by atoms with Gasteiger partial charge in [-0.2, -0.15) is 0 Å². The lowest BCUT2D eigenvalue weighted by atomic mass is 10.1. The van der Waals surface area contributed by atoms with Crippen LogP contribution in [0.4, 0.5) is 5.69 Å². The molecule has 0 heterocycles. The second kappa shape index (κ2) is 13.8. The van der Waals surface area contributed by atoms with Crippen molar-refractivity contribution in [3.05, 3.63) is 59.7 Å². The zero-order valence-corrected chi connectivity index (χ0v) is 18.2. The van der Waals surface area contributed by atoms with Crippen LogP contribution in [0.1, 0.15) is 87.1 Å². The van der Waals surface area contributed by atoms with Crippen molar-refractivity contribution in [2.75, 3.05) is 11.9 Å². The van der Waals surface area contributed by atoms with Gasteiger partial charge < -0.3 is 10.1 Å². The maximum atomic E-state index is 12.5. The maximum Gasteiger partial charge on any atom is 0.255 e. The number of ether oxygens (including phenoxy) is 1. The number of benzene rings is 2. The molecular weight excluding hydrogens is 358 g/mol.